The molecule has 270 valence electrons. The van der Waals surface area contributed by atoms with Gasteiger partial charge in [0.05, 0.1) is 74.2 Å². The monoisotopic (exact) mass is 717 g/mol. The second-order valence-electron chi connectivity index (χ2n) is 13.4. The summed E-state index contributed by atoms with van der Waals surface area (Å²) in [6.07, 6.45) is 6.83. The highest BCUT2D eigenvalue weighted by atomic mass is 16.5. The number of rotatable bonds is 10. The molecule has 2 aromatic carbocycles. The number of methoxy groups -OCH3 is 2. The number of aromatic nitrogens is 5. The first-order valence-corrected chi connectivity index (χ1v) is 17.1. The van der Waals surface area contributed by atoms with Gasteiger partial charge < -0.3 is 23.7 Å². The van der Waals surface area contributed by atoms with Gasteiger partial charge in [-0.1, -0.05) is 5.21 Å². The van der Waals surface area contributed by atoms with E-state index in [1.54, 1.807) is 68.9 Å². The fourth-order valence-corrected chi connectivity index (χ4v) is 7.30. The molecule has 0 spiro atoms. The van der Waals surface area contributed by atoms with Crippen LogP contribution < -0.4 is 19.9 Å². The van der Waals surface area contributed by atoms with Crippen LogP contribution in [0.3, 0.4) is 0 Å². The van der Waals surface area contributed by atoms with E-state index in [0.717, 1.165) is 32.7 Å². The Bertz CT molecular complexity index is 2370. The van der Waals surface area contributed by atoms with E-state index < -0.39 is 23.6 Å². The standard InChI is InChI=1S/C38H35N7O8/c1-42-18-30(26-8-9-39-14-29(26)36(42)48)21-10-34(51-2)31(35(11-21)52-3)19-44-15-22(40-41-44)20-53-25-16-43(17-25)23-4-6-27-28(12-23)38(50)45(37(27)49)32-7-5-24(46)13-33(32)47/h4,6,8-12,14-15,18,25,32H,5,7,13,16-17,19-20H2,1-3H3. The number of benzene rings is 2. The number of imide groups is 1. The summed E-state index contributed by atoms with van der Waals surface area (Å²) in [5, 5.41) is 9.89. The van der Waals surface area contributed by atoms with Crippen LogP contribution in [0.4, 0.5) is 5.69 Å². The van der Waals surface area contributed by atoms with Gasteiger partial charge in [0.25, 0.3) is 17.4 Å². The zero-order valence-electron chi connectivity index (χ0n) is 29.3. The molecule has 2 fully saturated rings. The van der Waals surface area contributed by atoms with E-state index in [-0.39, 0.29) is 54.4 Å². The molecule has 0 bridgehead atoms. The molecule has 5 aromatic rings. The molecule has 3 aliphatic rings. The van der Waals surface area contributed by atoms with Crippen molar-refractivity contribution in [2.45, 2.75) is 44.6 Å². The summed E-state index contributed by atoms with van der Waals surface area (Å²) in [7, 11) is 4.89. The first-order chi connectivity index (χ1) is 25.6. The maximum absolute atomic E-state index is 13.2. The molecule has 3 aromatic heterocycles. The van der Waals surface area contributed by atoms with Gasteiger partial charge in [0.15, 0.2) is 5.78 Å². The van der Waals surface area contributed by atoms with Gasteiger partial charge in [-0.25, -0.2) is 4.68 Å². The fourth-order valence-electron chi connectivity index (χ4n) is 7.30. The third-order valence-electron chi connectivity index (χ3n) is 10.1. The number of ketones is 2. The number of Topliss-reactive ketones (excluding diaryl/α,β-unsaturated/α-hetero) is 2. The van der Waals surface area contributed by atoms with Crippen molar-refractivity contribution in [1.82, 2.24) is 29.4 Å². The summed E-state index contributed by atoms with van der Waals surface area (Å²) in [6, 6.07) is 9.84. The number of nitrogens with zero attached hydrogens (tertiary/aromatic N) is 7. The highest BCUT2D eigenvalue weighted by molar-refractivity contribution is 6.24. The third-order valence-corrected chi connectivity index (χ3v) is 10.1. The van der Waals surface area contributed by atoms with E-state index in [1.807, 2.05) is 23.1 Å². The van der Waals surface area contributed by atoms with Crippen LogP contribution in [0.5, 0.6) is 11.5 Å². The van der Waals surface area contributed by atoms with Crippen LogP contribution in [0.15, 0.2) is 66.0 Å². The Balaban J connectivity index is 0.906. The Hall–Kier alpha value is -6.22. The van der Waals surface area contributed by atoms with Gasteiger partial charge >= 0.3 is 0 Å². The van der Waals surface area contributed by atoms with Crippen molar-refractivity contribution in [1.29, 1.82) is 0 Å². The Morgan fingerprint density at radius 2 is 1.62 bits per heavy atom. The van der Waals surface area contributed by atoms with Gasteiger partial charge in [0, 0.05) is 56.4 Å². The number of fused-ring (bicyclic) bond motifs is 2. The van der Waals surface area contributed by atoms with Crippen LogP contribution in [-0.2, 0) is 34.5 Å². The normalized spacial score (nSPS) is 17.5. The van der Waals surface area contributed by atoms with Crippen molar-refractivity contribution < 1.29 is 33.4 Å². The number of aryl methyl sites for hydroxylation is 1. The zero-order chi connectivity index (χ0) is 37.0. The number of ether oxygens (including phenoxy) is 3. The SMILES string of the molecule is COc1cc(-c2cn(C)c(=O)c3cnccc23)cc(OC)c1Cn1cc(COC2CN(c3ccc4c(c3)C(=O)N(C3CCC(=O)CC3=O)C4=O)C2)nn1. The first-order valence-electron chi connectivity index (χ1n) is 17.1. The molecular weight excluding hydrogens is 682 g/mol. The molecule has 15 nitrogen and oxygen atoms in total. The second kappa shape index (κ2) is 13.4. The van der Waals surface area contributed by atoms with Crippen molar-refractivity contribution in [2.75, 3.05) is 32.2 Å². The van der Waals surface area contributed by atoms with Crippen molar-refractivity contribution in [3.63, 3.8) is 0 Å². The molecule has 15 heteroatoms. The lowest BCUT2D eigenvalue weighted by Gasteiger charge is -2.40. The largest absolute Gasteiger partial charge is 0.496 e. The predicted octanol–water partition coefficient (Wildman–Crippen LogP) is 2.95. The second-order valence-corrected chi connectivity index (χ2v) is 13.4. The smallest absolute Gasteiger partial charge is 0.262 e. The number of carbonyl (C=O) groups excluding carboxylic acids is 4. The minimum Gasteiger partial charge on any atom is -0.496 e. The van der Waals surface area contributed by atoms with Crippen molar-refractivity contribution >= 4 is 39.8 Å². The number of carbonyl (C=O) groups is 4. The summed E-state index contributed by atoms with van der Waals surface area (Å²) in [5.41, 5.74) is 4.23. The lowest BCUT2D eigenvalue weighted by molar-refractivity contribution is -0.132. The average molecular weight is 718 g/mol. The van der Waals surface area contributed by atoms with Gasteiger partial charge in [-0.05, 0) is 53.8 Å². The molecule has 1 saturated heterocycles. The van der Waals surface area contributed by atoms with E-state index in [4.69, 9.17) is 14.2 Å². The molecule has 1 atom stereocenters. The van der Waals surface area contributed by atoms with Gasteiger partial charge in [0.1, 0.15) is 23.0 Å². The summed E-state index contributed by atoms with van der Waals surface area (Å²) >= 11 is 0. The van der Waals surface area contributed by atoms with Gasteiger partial charge in [-0.15, -0.1) is 5.10 Å². The molecule has 53 heavy (non-hydrogen) atoms. The van der Waals surface area contributed by atoms with Crippen LogP contribution >= 0.6 is 0 Å². The van der Waals surface area contributed by atoms with Gasteiger partial charge in [-0.2, -0.15) is 0 Å². The van der Waals surface area contributed by atoms with Crippen LogP contribution in [-0.4, -0.2) is 92.3 Å². The number of amides is 2. The van der Waals surface area contributed by atoms with E-state index in [9.17, 15) is 24.0 Å². The van der Waals surface area contributed by atoms with Crippen LogP contribution in [0.25, 0.3) is 21.9 Å². The van der Waals surface area contributed by atoms with Crippen LogP contribution in [0.2, 0.25) is 0 Å². The average Bonchev–Trinajstić information content (AvgIpc) is 3.69. The molecule has 0 N–H and O–H groups in total. The molecule has 1 saturated carbocycles. The highest BCUT2D eigenvalue weighted by Crippen LogP contribution is 2.38. The maximum atomic E-state index is 13.2. The van der Waals surface area contributed by atoms with Crippen molar-refractivity contribution in [3.05, 3.63) is 93.9 Å². The Morgan fingerprint density at radius 1 is 0.868 bits per heavy atom. The Morgan fingerprint density at radius 3 is 2.36 bits per heavy atom. The Labute approximate surface area is 302 Å². The summed E-state index contributed by atoms with van der Waals surface area (Å²) in [6.45, 7) is 1.71. The molecule has 1 unspecified atom stereocenters. The fraction of sp³-hybridized carbons (Fsp3) is 0.316. The maximum Gasteiger partial charge on any atom is 0.262 e. The summed E-state index contributed by atoms with van der Waals surface area (Å²) in [4.78, 5) is 70.4. The lowest BCUT2D eigenvalue weighted by Crippen LogP contribution is -2.52. The molecule has 2 aliphatic heterocycles. The van der Waals surface area contributed by atoms with E-state index in [0.29, 0.717) is 42.2 Å². The number of hydrogen-bond donors (Lipinski definition) is 0. The van der Waals surface area contributed by atoms with Crippen LogP contribution in [0, 0.1) is 0 Å². The topological polar surface area (TPSA) is 168 Å². The predicted molar refractivity (Wildman–Crippen MR) is 190 cm³/mol. The van der Waals surface area contributed by atoms with E-state index in [2.05, 4.69) is 15.3 Å². The summed E-state index contributed by atoms with van der Waals surface area (Å²) in [5.74, 6) is -0.383. The minimum absolute atomic E-state index is 0.0864. The van der Waals surface area contributed by atoms with Crippen LogP contribution in [0.1, 0.15) is 51.2 Å². The molecule has 0 radical (unpaired) electrons. The highest BCUT2D eigenvalue weighted by Gasteiger charge is 2.45. The first kappa shape index (κ1) is 33.9. The molecular formula is C38H35N7O8. The summed E-state index contributed by atoms with van der Waals surface area (Å²) < 4.78 is 20.9. The zero-order valence-corrected chi connectivity index (χ0v) is 29.3. The van der Waals surface area contributed by atoms with Crippen molar-refractivity contribution in [2.24, 2.45) is 7.05 Å². The Kier molecular flexibility index (Phi) is 8.57. The molecule has 2 amide bonds. The van der Waals surface area contributed by atoms with Gasteiger partial charge in [-0.3, -0.25) is 33.9 Å². The number of anilines is 1. The molecule has 8 rings (SSSR count). The van der Waals surface area contributed by atoms with E-state index in [1.165, 1.54) is 4.57 Å². The quantitative estimate of drug-likeness (QED) is 0.153. The number of pyridine rings is 2. The molecule has 5 heterocycles. The molecule has 1 aliphatic carbocycles. The number of hydrogen-bond acceptors (Lipinski definition) is 12. The lowest BCUT2D eigenvalue weighted by atomic mass is 9.92. The van der Waals surface area contributed by atoms with Gasteiger partial charge in [0.2, 0.25) is 0 Å². The van der Waals surface area contributed by atoms with Crippen molar-refractivity contribution in [3.8, 4) is 22.6 Å². The third kappa shape index (κ3) is 6.02. The minimum atomic E-state index is -0.898. The van der Waals surface area contributed by atoms with E-state index >= 15 is 0 Å².